The van der Waals surface area contributed by atoms with E-state index in [0.29, 0.717) is 16.8 Å². The fraction of sp³-hybridized carbons (Fsp3) is 0.208. The Labute approximate surface area is 178 Å². The van der Waals surface area contributed by atoms with Crippen molar-refractivity contribution in [2.24, 2.45) is 0 Å². The number of nitriles is 1. The molecule has 0 radical (unpaired) electrons. The molecular formula is C24H21F2N3O2. The van der Waals surface area contributed by atoms with Gasteiger partial charge in [-0.25, -0.2) is 8.78 Å². The van der Waals surface area contributed by atoms with Crippen molar-refractivity contribution in [3.05, 3.63) is 92.9 Å². The van der Waals surface area contributed by atoms with Crippen molar-refractivity contribution in [3.63, 3.8) is 0 Å². The van der Waals surface area contributed by atoms with Gasteiger partial charge in [-0.3, -0.25) is 9.59 Å². The van der Waals surface area contributed by atoms with E-state index >= 15 is 0 Å². The summed E-state index contributed by atoms with van der Waals surface area (Å²) in [5.41, 5.74) is 1.65. The Morgan fingerprint density at radius 3 is 2.39 bits per heavy atom. The molecule has 1 heterocycles. The van der Waals surface area contributed by atoms with Gasteiger partial charge in [0, 0.05) is 30.1 Å². The van der Waals surface area contributed by atoms with Gasteiger partial charge in [-0.05, 0) is 43.2 Å². The Kier molecular flexibility index (Phi) is 6.30. The van der Waals surface area contributed by atoms with Gasteiger partial charge in [0.2, 0.25) is 5.43 Å². The monoisotopic (exact) mass is 421 g/mol. The van der Waals surface area contributed by atoms with E-state index < -0.39 is 17.8 Å². The van der Waals surface area contributed by atoms with E-state index in [1.807, 2.05) is 6.92 Å². The zero-order valence-corrected chi connectivity index (χ0v) is 17.3. The summed E-state index contributed by atoms with van der Waals surface area (Å²) in [5, 5.41) is 11.5. The molecule has 31 heavy (non-hydrogen) atoms. The molecule has 0 saturated heterocycles. The normalized spacial score (nSPS) is 11.8. The summed E-state index contributed by atoms with van der Waals surface area (Å²) in [6.45, 7) is 3.62. The number of hydrogen-bond donors (Lipinski definition) is 1. The maximum absolute atomic E-state index is 13.2. The number of benzene rings is 2. The highest BCUT2D eigenvalue weighted by Crippen LogP contribution is 2.29. The molecular weight excluding hydrogens is 400 g/mol. The standard InChI is InChI=1S/C24H21F2N3O2/c1-14(17-9-7-16(12-27)8-10-17)29-13-20(24(31)28-3)22(30)21(15(29)2)18-5-4-6-19(11-18)23(25)26/h4-11,13-14,23H,1-3H3,(H,28,31). The number of carbonyl (C=O) groups is 1. The van der Waals surface area contributed by atoms with Crippen molar-refractivity contribution in [3.8, 4) is 17.2 Å². The number of hydrogen-bond acceptors (Lipinski definition) is 3. The molecule has 0 aliphatic carbocycles. The smallest absolute Gasteiger partial charge is 0.263 e. The first-order chi connectivity index (χ1) is 14.8. The van der Waals surface area contributed by atoms with Crippen molar-refractivity contribution >= 4 is 5.91 Å². The second-order valence-electron chi connectivity index (χ2n) is 7.15. The Bertz CT molecular complexity index is 1230. The molecule has 3 aromatic rings. The van der Waals surface area contributed by atoms with E-state index in [1.54, 1.807) is 41.8 Å². The van der Waals surface area contributed by atoms with Crippen LogP contribution in [0.5, 0.6) is 0 Å². The first-order valence-electron chi connectivity index (χ1n) is 9.64. The van der Waals surface area contributed by atoms with Gasteiger partial charge in [0.1, 0.15) is 5.56 Å². The lowest BCUT2D eigenvalue weighted by Gasteiger charge is -2.23. The van der Waals surface area contributed by atoms with Crippen LogP contribution in [0.1, 0.15) is 52.1 Å². The summed E-state index contributed by atoms with van der Waals surface area (Å²) in [4.78, 5) is 25.6. The van der Waals surface area contributed by atoms with Gasteiger partial charge in [0.25, 0.3) is 12.3 Å². The number of nitrogens with zero attached hydrogens (tertiary/aromatic N) is 2. The van der Waals surface area contributed by atoms with Crippen LogP contribution < -0.4 is 10.7 Å². The largest absolute Gasteiger partial charge is 0.355 e. The Morgan fingerprint density at radius 2 is 1.81 bits per heavy atom. The van der Waals surface area contributed by atoms with Crippen LogP contribution in [-0.4, -0.2) is 17.5 Å². The third-order valence-electron chi connectivity index (χ3n) is 5.33. The van der Waals surface area contributed by atoms with Crippen LogP contribution in [0.4, 0.5) is 8.78 Å². The van der Waals surface area contributed by atoms with E-state index in [9.17, 15) is 18.4 Å². The molecule has 7 heteroatoms. The molecule has 0 saturated carbocycles. The van der Waals surface area contributed by atoms with Crippen molar-refractivity contribution in [1.82, 2.24) is 9.88 Å². The molecule has 0 aliphatic heterocycles. The molecule has 0 fully saturated rings. The predicted octanol–water partition coefficient (Wildman–Crippen LogP) is 4.60. The molecule has 1 unspecified atom stereocenters. The molecule has 1 atom stereocenters. The number of rotatable bonds is 5. The lowest BCUT2D eigenvalue weighted by Crippen LogP contribution is -2.29. The van der Waals surface area contributed by atoms with Crippen molar-refractivity contribution in [2.45, 2.75) is 26.3 Å². The number of halogens is 2. The number of nitrogens with one attached hydrogen (secondary N) is 1. The quantitative estimate of drug-likeness (QED) is 0.654. The SMILES string of the molecule is CNC(=O)c1cn(C(C)c2ccc(C#N)cc2)c(C)c(-c2cccc(C(F)F)c2)c1=O. The molecule has 0 bridgehead atoms. The first kappa shape index (κ1) is 21.9. The van der Waals surface area contributed by atoms with Crippen molar-refractivity contribution < 1.29 is 13.6 Å². The average molecular weight is 421 g/mol. The zero-order chi connectivity index (χ0) is 22.7. The minimum atomic E-state index is -2.68. The minimum Gasteiger partial charge on any atom is -0.355 e. The third-order valence-corrected chi connectivity index (χ3v) is 5.33. The summed E-state index contributed by atoms with van der Waals surface area (Å²) in [5.74, 6) is -0.558. The van der Waals surface area contributed by atoms with E-state index in [4.69, 9.17) is 5.26 Å². The Balaban J connectivity index is 2.26. The van der Waals surface area contributed by atoms with E-state index in [0.717, 1.165) is 5.56 Å². The summed E-state index contributed by atoms with van der Waals surface area (Å²) >= 11 is 0. The lowest BCUT2D eigenvalue weighted by atomic mass is 9.97. The van der Waals surface area contributed by atoms with Crippen LogP contribution in [0.25, 0.3) is 11.1 Å². The number of alkyl halides is 2. The molecule has 2 aromatic carbocycles. The number of aromatic nitrogens is 1. The maximum atomic E-state index is 13.2. The molecule has 0 spiro atoms. The van der Waals surface area contributed by atoms with Gasteiger partial charge in [0.15, 0.2) is 0 Å². The van der Waals surface area contributed by atoms with Crippen molar-refractivity contribution in [1.29, 1.82) is 5.26 Å². The molecule has 1 amide bonds. The molecule has 5 nitrogen and oxygen atoms in total. The second kappa shape index (κ2) is 8.92. The second-order valence-corrected chi connectivity index (χ2v) is 7.15. The van der Waals surface area contributed by atoms with Crippen LogP contribution in [0.3, 0.4) is 0 Å². The molecule has 0 aliphatic rings. The Morgan fingerprint density at radius 1 is 1.13 bits per heavy atom. The third kappa shape index (κ3) is 4.24. The van der Waals surface area contributed by atoms with Gasteiger partial charge in [-0.1, -0.05) is 30.3 Å². The summed E-state index contributed by atoms with van der Waals surface area (Å²) in [6, 6.07) is 14.4. The Hall–Kier alpha value is -3.79. The lowest BCUT2D eigenvalue weighted by molar-refractivity contribution is 0.0961. The van der Waals surface area contributed by atoms with Gasteiger partial charge < -0.3 is 9.88 Å². The molecule has 3 rings (SSSR count). The van der Waals surface area contributed by atoms with Crippen LogP contribution in [-0.2, 0) is 0 Å². The average Bonchev–Trinajstić information content (AvgIpc) is 2.78. The summed E-state index contributed by atoms with van der Waals surface area (Å²) in [6.07, 6.45) is -1.19. The first-order valence-corrected chi connectivity index (χ1v) is 9.64. The van der Waals surface area contributed by atoms with Crippen molar-refractivity contribution in [2.75, 3.05) is 7.05 Å². The van der Waals surface area contributed by atoms with Crippen LogP contribution in [0.2, 0.25) is 0 Å². The van der Waals surface area contributed by atoms with Gasteiger partial charge in [-0.15, -0.1) is 0 Å². The van der Waals surface area contributed by atoms with E-state index in [1.165, 1.54) is 31.4 Å². The fourth-order valence-corrected chi connectivity index (χ4v) is 3.59. The highest BCUT2D eigenvalue weighted by atomic mass is 19.3. The number of carbonyl (C=O) groups excluding carboxylic acids is 1. The minimum absolute atomic E-state index is 0.0777. The molecule has 158 valence electrons. The van der Waals surface area contributed by atoms with Crippen LogP contribution >= 0.6 is 0 Å². The number of pyridine rings is 1. The van der Waals surface area contributed by atoms with E-state index in [-0.39, 0.29) is 22.7 Å². The predicted molar refractivity (Wildman–Crippen MR) is 114 cm³/mol. The van der Waals surface area contributed by atoms with Crippen LogP contribution in [0, 0.1) is 18.3 Å². The zero-order valence-electron chi connectivity index (χ0n) is 17.3. The van der Waals surface area contributed by atoms with Gasteiger partial charge >= 0.3 is 0 Å². The molecule has 1 N–H and O–H groups in total. The topological polar surface area (TPSA) is 74.9 Å². The summed E-state index contributed by atoms with van der Waals surface area (Å²) in [7, 11) is 1.42. The highest BCUT2D eigenvalue weighted by molar-refractivity contribution is 5.95. The van der Waals surface area contributed by atoms with Crippen LogP contribution in [0.15, 0.2) is 59.5 Å². The van der Waals surface area contributed by atoms with E-state index in [2.05, 4.69) is 11.4 Å². The van der Waals surface area contributed by atoms with Gasteiger partial charge in [-0.2, -0.15) is 5.26 Å². The van der Waals surface area contributed by atoms with Gasteiger partial charge in [0.05, 0.1) is 17.7 Å². The summed E-state index contributed by atoms with van der Waals surface area (Å²) < 4.78 is 28.3. The fourth-order valence-electron chi connectivity index (χ4n) is 3.59. The maximum Gasteiger partial charge on any atom is 0.263 e. The highest BCUT2D eigenvalue weighted by Gasteiger charge is 2.22. The molecule has 1 aromatic heterocycles. The number of amides is 1.